The Hall–Kier alpha value is -1.57. The molecule has 2 heteroatoms. The third kappa shape index (κ3) is 1.59. The number of fused-ring (bicyclic) bond motifs is 2. The van der Waals surface area contributed by atoms with Gasteiger partial charge in [-0.3, -0.25) is 0 Å². The topological polar surface area (TPSA) is 26.3 Å². The number of ether oxygens (including phenoxy) is 1. The van der Waals surface area contributed by atoms with E-state index in [2.05, 4.69) is 24.3 Å². The van der Waals surface area contributed by atoms with E-state index in [0.29, 0.717) is 17.8 Å². The molecule has 88 valence electrons. The fraction of sp³-hybridized carbons (Fsp3) is 0.400. The van der Waals surface area contributed by atoms with E-state index >= 15 is 0 Å². The van der Waals surface area contributed by atoms with Gasteiger partial charge in [-0.2, -0.15) is 0 Å². The molecule has 4 unspecified atom stereocenters. The zero-order chi connectivity index (χ0) is 11.8. The molecule has 0 aliphatic heterocycles. The number of hydrogen-bond acceptors (Lipinski definition) is 2. The number of hydrogen-bond donors (Lipinski definition) is 0. The van der Waals surface area contributed by atoms with Crippen molar-refractivity contribution in [2.24, 2.45) is 17.8 Å². The van der Waals surface area contributed by atoms with E-state index in [1.54, 1.807) is 7.11 Å². The molecule has 0 amide bonds. The molecule has 0 spiro atoms. The molecule has 1 aromatic rings. The van der Waals surface area contributed by atoms with E-state index in [-0.39, 0.29) is 5.92 Å². The first-order valence-corrected chi connectivity index (χ1v) is 6.11. The van der Waals surface area contributed by atoms with Crippen LogP contribution in [-0.4, -0.2) is 13.4 Å². The Bertz CT molecular complexity index is 446. The van der Waals surface area contributed by atoms with E-state index in [9.17, 15) is 4.79 Å². The summed E-state index contributed by atoms with van der Waals surface area (Å²) in [6, 6.07) is 8.14. The molecule has 1 aromatic carbocycles. The minimum absolute atomic E-state index is 0.165. The molecule has 0 N–H and O–H groups in total. The molecule has 3 rings (SSSR count). The van der Waals surface area contributed by atoms with Crippen molar-refractivity contribution < 1.29 is 9.53 Å². The van der Waals surface area contributed by atoms with Crippen LogP contribution < -0.4 is 4.74 Å². The second kappa shape index (κ2) is 4.02. The van der Waals surface area contributed by atoms with Crippen molar-refractivity contribution in [3.8, 4) is 5.75 Å². The third-order valence-corrected chi connectivity index (χ3v) is 4.18. The van der Waals surface area contributed by atoms with Crippen molar-refractivity contribution in [3.63, 3.8) is 0 Å². The highest BCUT2D eigenvalue weighted by molar-refractivity contribution is 5.60. The molecule has 0 heterocycles. The second-order valence-corrected chi connectivity index (χ2v) is 4.96. The summed E-state index contributed by atoms with van der Waals surface area (Å²) in [5.74, 6) is 2.41. The zero-order valence-electron chi connectivity index (χ0n) is 9.87. The van der Waals surface area contributed by atoms with E-state index in [4.69, 9.17) is 4.74 Å². The van der Waals surface area contributed by atoms with Gasteiger partial charge in [-0.05, 0) is 36.0 Å². The number of aldehydes is 1. The predicted octanol–water partition coefficient (Wildman–Crippen LogP) is 2.80. The first-order chi connectivity index (χ1) is 8.33. The van der Waals surface area contributed by atoms with Gasteiger partial charge in [-0.1, -0.05) is 24.3 Å². The molecule has 4 atom stereocenters. The molecule has 2 aliphatic rings. The number of methoxy groups -OCH3 is 1. The van der Waals surface area contributed by atoms with Gasteiger partial charge in [-0.25, -0.2) is 0 Å². The number of rotatable bonds is 3. The van der Waals surface area contributed by atoms with E-state index in [1.807, 2.05) is 12.1 Å². The van der Waals surface area contributed by atoms with Gasteiger partial charge in [0.2, 0.25) is 0 Å². The molecular weight excluding hydrogens is 212 g/mol. The molecule has 1 fully saturated rings. The maximum Gasteiger partial charge on any atom is 0.124 e. The minimum Gasteiger partial charge on any atom is -0.497 e. The van der Waals surface area contributed by atoms with E-state index in [0.717, 1.165) is 18.5 Å². The summed E-state index contributed by atoms with van der Waals surface area (Å²) in [5.41, 5.74) is 1.26. The Morgan fingerprint density at radius 2 is 1.88 bits per heavy atom. The van der Waals surface area contributed by atoms with Gasteiger partial charge in [0.25, 0.3) is 0 Å². The summed E-state index contributed by atoms with van der Waals surface area (Å²) in [5, 5.41) is 0. The van der Waals surface area contributed by atoms with Crippen LogP contribution in [0.3, 0.4) is 0 Å². The molecule has 0 aromatic heterocycles. The number of carbonyl (C=O) groups excluding carboxylic acids is 1. The molecule has 17 heavy (non-hydrogen) atoms. The lowest BCUT2D eigenvalue weighted by atomic mass is 9.79. The summed E-state index contributed by atoms with van der Waals surface area (Å²) >= 11 is 0. The van der Waals surface area contributed by atoms with Gasteiger partial charge in [0.1, 0.15) is 12.0 Å². The minimum atomic E-state index is 0.165. The Morgan fingerprint density at radius 3 is 2.53 bits per heavy atom. The Kier molecular flexibility index (Phi) is 2.50. The molecular formula is C15H16O2. The molecule has 2 aliphatic carbocycles. The highest BCUT2D eigenvalue weighted by Gasteiger charge is 2.44. The summed E-state index contributed by atoms with van der Waals surface area (Å²) < 4.78 is 5.16. The Morgan fingerprint density at radius 1 is 1.18 bits per heavy atom. The standard InChI is InChI=1S/C15H16O2/c1-17-13-6-4-10(5-7-13)15-12-3-2-11(8-12)14(15)9-16/h2-7,9,11-12,14-15H,8H2,1H3. The van der Waals surface area contributed by atoms with Gasteiger partial charge in [0.15, 0.2) is 0 Å². The van der Waals surface area contributed by atoms with Gasteiger partial charge in [0.05, 0.1) is 7.11 Å². The number of allylic oxidation sites excluding steroid dienone is 2. The summed E-state index contributed by atoms with van der Waals surface area (Å²) in [7, 11) is 1.67. The molecule has 2 nitrogen and oxygen atoms in total. The monoisotopic (exact) mass is 228 g/mol. The van der Waals surface area contributed by atoms with Crippen LogP contribution in [0.25, 0.3) is 0 Å². The lowest BCUT2D eigenvalue weighted by Gasteiger charge is -2.24. The fourth-order valence-electron chi connectivity index (χ4n) is 3.34. The summed E-state index contributed by atoms with van der Waals surface area (Å²) in [4.78, 5) is 11.2. The van der Waals surface area contributed by atoms with Crippen molar-refractivity contribution in [1.29, 1.82) is 0 Å². The van der Waals surface area contributed by atoms with Crippen LogP contribution in [0.4, 0.5) is 0 Å². The lowest BCUT2D eigenvalue weighted by Crippen LogP contribution is -2.18. The fourth-order valence-corrected chi connectivity index (χ4v) is 3.34. The van der Waals surface area contributed by atoms with Crippen LogP contribution in [0, 0.1) is 17.8 Å². The summed E-state index contributed by atoms with van der Waals surface area (Å²) in [6.45, 7) is 0. The zero-order valence-corrected chi connectivity index (χ0v) is 9.87. The second-order valence-electron chi connectivity index (χ2n) is 4.96. The maximum absolute atomic E-state index is 11.2. The van der Waals surface area contributed by atoms with Crippen molar-refractivity contribution >= 4 is 6.29 Å². The molecule has 2 bridgehead atoms. The molecule has 0 saturated heterocycles. The van der Waals surface area contributed by atoms with Gasteiger partial charge in [-0.15, -0.1) is 0 Å². The van der Waals surface area contributed by atoms with Crippen LogP contribution in [0.5, 0.6) is 5.75 Å². The average Bonchev–Trinajstić information content (AvgIpc) is 2.98. The summed E-state index contributed by atoms with van der Waals surface area (Å²) in [6.07, 6.45) is 6.77. The van der Waals surface area contributed by atoms with Crippen LogP contribution >= 0.6 is 0 Å². The Labute approximate surface area is 101 Å². The van der Waals surface area contributed by atoms with Gasteiger partial charge >= 0.3 is 0 Å². The lowest BCUT2D eigenvalue weighted by molar-refractivity contribution is -0.112. The number of carbonyl (C=O) groups is 1. The smallest absolute Gasteiger partial charge is 0.124 e. The predicted molar refractivity (Wildman–Crippen MR) is 66.0 cm³/mol. The van der Waals surface area contributed by atoms with Crippen LogP contribution in [0.2, 0.25) is 0 Å². The first kappa shape index (κ1) is 10.6. The molecule has 0 radical (unpaired) electrons. The van der Waals surface area contributed by atoms with E-state index < -0.39 is 0 Å². The third-order valence-electron chi connectivity index (χ3n) is 4.18. The van der Waals surface area contributed by atoms with Gasteiger partial charge < -0.3 is 9.53 Å². The average molecular weight is 228 g/mol. The number of benzene rings is 1. The Balaban J connectivity index is 1.92. The van der Waals surface area contributed by atoms with Crippen LogP contribution in [-0.2, 0) is 4.79 Å². The van der Waals surface area contributed by atoms with E-state index in [1.165, 1.54) is 5.56 Å². The van der Waals surface area contributed by atoms with Crippen molar-refractivity contribution in [1.82, 2.24) is 0 Å². The van der Waals surface area contributed by atoms with Gasteiger partial charge in [0, 0.05) is 11.8 Å². The van der Waals surface area contributed by atoms with Crippen LogP contribution in [0.15, 0.2) is 36.4 Å². The quantitative estimate of drug-likeness (QED) is 0.587. The normalized spacial score (nSPS) is 33.9. The maximum atomic E-state index is 11.2. The van der Waals surface area contributed by atoms with Crippen molar-refractivity contribution in [3.05, 3.63) is 42.0 Å². The SMILES string of the molecule is COc1ccc(C2C3C=CC(C3)C2C=O)cc1. The first-order valence-electron chi connectivity index (χ1n) is 6.11. The highest BCUT2D eigenvalue weighted by atomic mass is 16.5. The highest BCUT2D eigenvalue weighted by Crippen LogP contribution is 2.52. The van der Waals surface area contributed by atoms with Crippen molar-refractivity contribution in [2.45, 2.75) is 12.3 Å². The molecule has 1 saturated carbocycles. The van der Waals surface area contributed by atoms with Crippen molar-refractivity contribution in [2.75, 3.05) is 7.11 Å². The largest absolute Gasteiger partial charge is 0.497 e. The van der Waals surface area contributed by atoms with Crippen LogP contribution in [0.1, 0.15) is 17.9 Å².